The zero-order valence-corrected chi connectivity index (χ0v) is 36.8. The number of hydrogen-bond acceptors (Lipinski definition) is 2. The van der Waals surface area contributed by atoms with Gasteiger partial charge in [-0.15, -0.1) is 11.3 Å². The van der Waals surface area contributed by atoms with Gasteiger partial charge >= 0.3 is 0 Å². The number of benzene rings is 8. The van der Waals surface area contributed by atoms with Crippen LogP contribution < -0.4 is 0 Å². The van der Waals surface area contributed by atoms with Crippen molar-refractivity contribution in [1.82, 2.24) is 0 Å². The van der Waals surface area contributed by atoms with Crippen LogP contribution in [0.3, 0.4) is 0 Å². The molecule has 0 aliphatic heterocycles. The van der Waals surface area contributed by atoms with Crippen LogP contribution in [0.1, 0.15) is 52.7 Å². The molecular formula is C56H47ClS2. The lowest BCUT2D eigenvalue weighted by Gasteiger charge is -2.27. The van der Waals surface area contributed by atoms with E-state index >= 15 is 0 Å². The highest BCUT2D eigenvalue weighted by atomic mass is 35.5. The Bertz CT molecular complexity index is 2890. The Kier molecular flexibility index (Phi) is 10.4. The molecule has 0 atom stereocenters. The molecule has 0 saturated carbocycles. The molecule has 9 rings (SSSR count). The molecule has 0 saturated heterocycles. The van der Waals surface area contributed by atoms with Crippen LogP contribution in [-0.4, -0.2) is 0 Å². The first-order valence-corrected chi connectivity index (χ1v) is 22.3. The van der Waals surface area contributed by atoms with Crippen LogP contribution >= 0.6 is 34.7 Å². The SMILES string of the molecule is CC(C)(C)c1cc(-c2cc(-c3cc(-c4ccccc4)cc(-c4ccccc4)c3)ccc2Sc2cc(Cl)cc(-c3ccc4sc5ccccc5c4c3)c2)cc(C(C)(C)C)c1. The van der Waals surface area contributed by atoms with E-state index in [0.717, 1.165) is 15.5 Å². The monoisotopic (exact) mass is 818 g/mol. The van der Waals surface area contributed by atoms with Crippen molar-refractivity contribution in [1.29, 1.82) is 0 Å². The van der Waals surface area contributed by atoms with E-state index in [1.54, 1.807) is 11.8 Å². The van der Waals surface area contributed by atoms with Gasteiger partial charge in [0.05, 0.1) is 0 Å². The molecule has 0 fully saturated rings. The van der Waals surface area contributed by atoms with Gasteiger partial charge in [-0.05, 0) is 144 Å². The molecule has 290 valence electrons. The van der Waals surface area contributed by atoms with Crippen molar-refractivity contribution < 1.29 is 0 Å². The molecule has 0 bridgehead atoms. The lowest BCUT2D eigenvalue weighted by Crippen LogP contribution is -2.16. The lowest BCUT2D eigenvalue weighted by atomic mass is 9.79. The van der Waals surface area contributed by atoms with E-state index in [9.17, 15) is 0 Å². The standard InChI is InChI=1S/C56H47ClS2/c1-55(2,3)45-28-44(29-46(34-45)56(4,5)6)50-32-38(42-26-40(36-15-9-7-10-16-36)25-41(27-42)37-17-11-8-12-18-37)21-23-53(50)58-48-31-43(30-47(57)35-48)39-22-24-54-51(33-39)49-19-13-14-20-52(49)59-54/h7-35H,1-6H3. The molecule has 9 aromatic rings. The number of halogens is 1. The summed E-state index contributed by atoms with van der Waals surface area (Å²) in [4.78, 5) is 2.30. The molecule has 1 heterocycles. The average molecular weight is 820 g/mol. The molecule has 0 aliphatic carbocycles. The van der Waals surface area contributed by atoms with Crippen LogP contribution in [0.25, 0.3) is 75.8 Å². The van der Waals surface area contributed by atoms with E-state index < -0.39 is 0 Å². The molecule has 0 amide bonds. The van der Waals surface area contributed by atoms with Gasteiger partial charge in [-0.1, -0.05) is 174 Å². The van der Waals surface area contributed by atoms with E-state index in [4.69, 9.17) is 11.6 Å². The maximum atomic E-state index is 6.98. The summed E-state index contributed by atoms with van der Waals surface area (Å²) < 4.78 is 2.61. The van der Waals surface area contributed by atoms with E-state index in [1.165, 1.54) is 86.3 Å². The second-order valence-corrected chi connectivity index (χ2v) is 20.3. The molecule has 1 aromatic heterocycles. The summed E-state index contributed by atoms with van der Waals surface area (Å²) in [5.74, 6) is 0. The number of hydrogen-bond donors (Lipinski definition) is 0. The summed E-state index contributed by atoms with van der Waals surface area (Å²) >= 11 is 10.6. The summed E-state index contributed by atoms with van der Waals surface area (Å²) in [6.07, 6.45) is 0. The highest BCUT2D eigenvalue weighted by Gasteiger charge is 2.23. The van der Waals surface area contributed by atoms with Crippen LogP contribution in [0.2, 0.25) is 5.02 Å². The Morgan fingerprint density at radius 2 is 0.915 bits per heavy atom. The Morgan fingerprint density at radius 3 is 1.54 bits per heavy atom. The third-order valence-electron chi connectivity index (χ3n) is 11.2. The Hall–Kier alpha value is -5.38. The fraction of sp³-hybridized carbons (Fsp3) is 0.143. The van der Waals surface area contributed by atoms with E-state index in [-0.39, 0.29) is 10.8 Å². The summed E-state index contributed by atoms with van der Waals surface area (Å²) in [5, 5.41) is 3.32. The van der Waals surface area contributed by atoms with Crippen LogP contribution in [0.4, 0.5) is 0 Å². The van der Waals surface area contributed by atoms with Gasteiger partial charge in [-0.3, -0.25) is 0 Å². The normalized spacial score (nSPS) is 12.1. The average Bonchev–Trinajstić information content (AvgIpc) is 3.61. The number of thiophene rings is 1. The maximum absolute atomic E-state index is 6.98. The van der Waals surface area contributed by atoms with Crippen LogP contribution in [-0.2, 0) is 10.8 Å². The van der Waals surface area contributed by atoms with E-state index in [1.807, 2.05) is 11.3 Å². The van der Waals surface area contributed by atoms with Crippen LogP contribution in [0, 0.1) is 0 Å². The minimum atomic E-state index is -0.0216. The minimum absolute atomic E-state index is 0.0216. The topological polar surface area (TPSA) is 0 Å². The van der Waals surface area contributed by atoms with Gasteiger partial charge in [-0.2, -0.15) is 0 Å². The van der Waals surface area contributed by atoms with E-state index in [2.05, 4.69) is 217 Å². The molecule has 8 aromatic carbocycles. The van der Waals surface area contributed by atoms with Crippen molar-refractivity contribution in [3.63, 3.8) is 0 Å². The largest absolute Gasteiger partial charge is 0.135 e. The second kappa shape index (κ2) is 15.7. The van der Waals surface area contributed by atoms with Gasteiger partial charge in [0.2, 0.25) is 0 Å². The number of rotatable bonds is 7. The lowest BCUT2D eigenvalue weighted by molar-refractivity contribution is 0.569. The zero-order valence-electron chi connectivity index (χ0n) is 34.4. The first-order valence-electron chi connectivity index (χ1n) is 20.3. The molecule has 59 heavy (non-hydrogen) atoms. The molecule has 0 N–H and O–H groups in total. The van der Waals surface area contributed by atoms with Gasteiger partial charge in [-0.25, -0.2) is 0 Å². The fourth-order valence-electron chi connectivity index (χ4n) is 7.88. The fourth-order valence-corrected chi connectivity index (χ4v) is 10.3. The Balaban J connectivity index is 1.21. The molecule has 0 radical (unpaired) electrons. The first kappa shape index (κ1) is 39.1. The van der Waals surface area contributed by atoms with Crippen molar-refractivity contribution in [2.24, 2.45) is 0 Å². The predicted molar refractivity (Wildman–Crippen MR) is 259 cm³/mol. The Labute approximate surface area is 362 Å². The molecule has 3 heteroatoms. The molecule has 0 unspecified atom stereocenters. The summed E-state index contributed by atoms with van der Waals surface area (Å²) in [6.45, 7) is 13.9. The Morgan fingerprint density at radius 1 is 0.390 bits per heavy atom. The van der Waals surface area contributed by atoms with Gasteiger partial charge < -0.3 is 0 Å². The van der Waals surface area contributed by atoms with Crippen molar-refractivity contribution in [3.8, 4) is 55.6 Å². The summed E-state index contributed by atoms with van der Waals surface area (Å²) in [6, 6.07) is 64.7. The second-order valence-electron chi connectivity index (χ2n) is 17.6. The van der Waals surface area contributed by atoms with Gasteiger partial charge in [0.1, 0.15) is 0 Å². The zero-order chi connectivity index (χ0) is 40.9. The third-order valence-corrected chi connectivity index (χ3v) is 13.7. The van der Waals surface area contributed by atoms with Crippen LogP contribution in [0.15, 0.2) is 186 Å². The predicted octanol–water partition coefficient (Wildman–Crippen LogP) is 17.8. The van der Waals surface area contributed by atoms with Crippen molar-refractivity contribution in [3.05, 3.63) is 192 Å². The van der Waals surface area contributed by atoms with Crippen molar-refractivity contribution >= 4 is 54.9 Å². The van der Waals surface area contributed by atoms with Gasteiger partial charge in [0.25, 0.3) is 0 Å². The summed E-state index contributed by atoms with van der Waals surface area (Å²) in [5.41, 5.74) is 14.5. The molecule has 0 aliphatic rings. The number of fused-ring (bicyclic) bond motifs is 3. The van der Waals surface area contributed by atoms with Gasteiger partial charge in [0, 0.05) is 35.0 Å². The third kappa shape index (κ3) is 8.28. The smallest absolute Gasteiger partial charge is 0.0423 e. The van der Waals surface area contributed by atoms with Crippen molar-refractivity contribution in [2.45, 2.75) is 62.2 Å². The first-order chi connectivity index (χ1) is 28.4. The maximum Gasteiger partial charge on any atom is 0.0423 e. The molecule has 0 nitrogen and oxygen atoms in total. The molecule has 0 spiro atoms. The molecular weight excluding hydrogens is 772 g/mol. The van der Waals surface area contributed by atoms with Crippen molar-refractivity contribution in [2.75, 3.05) is 0 Å². The van der Waals surface area contributed by atoms with Gasteiger partial charge in [0.15, 0.2) is 0 Å². The highest BCUT2D eigenvalue weighted by Crippen LogP contribution is 2.45. The highest BCUT2D eigenvalue weighted by molar-refractivity contribution is 7.99. The van der Waals surface area contributed by atoms with Crippen LogP contribution in [0.5, 0.6) is 0 Å². The quantitative estimate of drug-likeness (QED) is 0.154. The minimum Gasteiger partial charge on any atom is -0.135 e. The summed E-state index contributed by atoms with van der Waals surface area (Å²) in [7, 11) is 0. The van der Waals surface area contributed by atoms with E-state index in [0.29, 0.717) is 0 Å².